The molecular weight excluding hydrogens is 376 g/mol. The van der Waals surface area contributed by atoms with Gasteiger partial charge in [0.25, 0.3) is 5.56 Å². The number of aromatic nitrogens is 5. The van der Waals surface area contributed by atoms with Gasteiger partial charge in [-0.05, 0) is 68.8 Å². The van der Waals surface area contributed by atoms with Gasteiger partial charge in [-0.25, -0.2) is 4.98 Å². The van der Waals surface area contributed by atoms with Crippen molar-refractivity contribution in [3.05, 3.63) is 64.2 Å². The van der Waals surface area contributed by atoms with E-state index in [0.717, 1.165) is 51.0 Å². The number of hydrogen-bond acceptors (Lipinski definition) is 5. The maximum absolute atomic E-state index is 12.6. The summed E-state index contributed by atoms with van der Waals surface area (Å²) in [5.74, 6) is 0.518. The molecule has 0 amide bonds. The molecule has 0 radical (unpaired) electrons. The average molecular weight is 405 g/mol. The molecule has 0 spiro atoms. The first-order chi connectivity index (χ1) is 14.7. The van der Waals surface area contributed by atoms with Crippen LogP contribution in [0.1, 0.15) is 36.2 Å². The Balaban J connectivity index is 1.19. The monoisotopic (exact) mass is 404 g/mol. The zero-order chi connectivity index (χ0) is 20.5. The number of piperidine rings is 1. The zero-order valence-electron chi connectivity index (χ0n) is 17.5. The van der Waals surface area contributed by atoms with E-state index in [1.807, 2.05) is 12.1 Å². The molecule has 1 saturated heterocycles. The van der Waals surface area contributed by atoms with Gasteiger partial charge in [0, 0.05) is 44.2 Å². The Hall–Kier alpha value is -2.80. The van der Waals surface area contributed by atoms with E-state index in [9.17, 15) is 4.79 Å². The molecule has 1 aliphatic carbocycles. The molecule has 7 heteroatoms. The highest BCUT2D eigenvalue weighted by Gasteiger charge is 2.25. The minimum absolute atomic E-state index is 0.0182. The second kappa shape index (κ2) is 8.14. The third-order valence-corrected chi connectivity index (χ3v) is 6.59. The Morgan fingerprint density at radius 3 is 2.70 bits per heavy atom. The third-order valence-electron chi connectivity index (χ3n) is 6.59. The average Bonchev–Trinajstić information content (AvgIpc) is 3.33. The van der Waals surface area contributed by atoms with Crippen molar-refractivity contribution in [2.45, 2.75) is 45.2 Å². The lowest BCUT2D eigenvalue weighted by Gasteiger charge is -2.32. The fourth-order valence-corrected chi connectivity index (χ4v) is 4.84. The topological polar surface area (TPSA) is 68.8 Å². The molecule has 2 aliphatic rings. The van der Waals surface area contributed by atoms with Crippen molar-refractivity contribution >= 4 is 0 Å². The molecule has 3 aromatic rings. The summed E-state index contributed by atoms with van der Waals surface area (Å²) in [6, 6.07) is 5.38. The van der Waals surface area contributed by atoms with Gasteiger partial charge in [0.15, 0.2) is 0 Å². The van der Waals surface area contributed by atoms with E-state index in [1.54, 1.807) is 29.4 Å². The quantitative estimate of drug-likeness (QED) is 0.653. The molecule has 0 bridgehead atoms. The highest BCUT2D eigenvalue weighted by Crippen LogP contribution is 2.27. The lowest BCUT2D eigenvalue weighted by molar-refractivity contribution is 0.162. The van der Waals surface area contributed by atoms with Crippen LogP contribution < -0.4 is 5.56 Å². The van der Waals surface area contributed by atoms with Gasteiger partial charge < -0.3 is 0 Å². The minimum atomic E-state index is 0.0182. The van der Waals surface area contributed by atoms with Crippen molar-refractivity contribution < 1.29 is 0 Å². The van der Waals surface area contributed by atoms with Crippen LogP contribution in [0.5, 0.6) is 0 Å². The molecule has 7 nitrogen and oxygen atoms in total. The Morgan fingerprint density at radius 2 is 1.93 bits per heavy atom. The van der Waals surface area contributed by atoms with Gasteiger partial charge in [-0.15, -0.1) is 0 Å². The van der Waals surface area contributed by atoms with Gasteiger partial charge in [0.2, 0.25) is 0 Å². The third kappa shape index (κ3) is 3.81. The van der Waals surface area contributed by atoms with Gasteiger partial charge in [0.1, 0.15) is 0 Å². The van der Waals surface area contributed by atoms with Crippen LogP contribution in [-0.2, 0) is 33.0 Å². The Morgan fingerprint density at radius 1 is 1.13 bits per heavy atom. The number of aryl methyl sites for hydroxylation is 2. The highest BCUT2D eigenvalue weighted by atomic mass is 16.1. The highest BCUT2D eigenvalue weighted by molar-refractivity contribution is 5.57. The molecule has 5 rings (SSSR count). The Labute approximate surface area is 176 Å². The summed E-state index contributed by atoms with van der Waals surface area (Å²) in [4.78, 5) is 23.7. The first kappa shape index (κ1) is 19.2. The summed E-state index contributed by atoms with van der Waals surface area (Å²) < 4.78 is 3.85. The van der Waals surface area contributed by atoms with Crippen molar-refractivity contribution in [3.8, 4) is 11.3 Å². The fraction of sp³-hybridized carbons (Fsp3) is 0.478. The first-order valence-electron chi connectivity index (χ1n) is 10.9. The smallest absolute Gasteiger partial charge is 0.253 e. The van der Waals surface area contributed by atoms with E-state index in [-0.39, 0.29) is 5.56 Å². The standard InChI is InChI=1S/C23H28N6O/c1-27-22(19-3-2-4-20(19)26-27)15-28-11-7-17(8-12-28)14-29-16-25-21(13-23(29)30)18-5-9-24-10-6-18/h5-6,9-10,13,16-17H,2-4,7-8,11-12,14-15H2,1H3. The van der Waals surface area contributed by atoms with Crippen molar-refractivity contribution in [1.82, 2.24) is 29.2 Å². The first-order valence-corrected chi connectivity index (χ1v) is 10.9. The molecule has 3 aromatic heterocycles. The van der Waals surface area contributed by atoms with Crippen LogP contribution >= 0.6 is 0 Å². The molecule has 1 aliphatic heterocycles. The second-order valence-electron chi connectivity index (χ2n) is 8.57. The fourth-order valence-electron chi connectivity index (χ4n) is 4.84. The molecule has 1 fully saturated rings. The molecular formula is C23H28N6O. The van der Waals surface area contributed by atoms with Gasteiger partial charge >= 0.3 is 0 Å². The number of nitrogens with zero attached hydrogens (tertiary/aromatic N) is 6. The van der Waals surface area contributed by atoms with E-state index in [1.165, 1.54) is 29.8 Å². The maximum Gasteiger partial charge on any atom is 0.253 e. The van der Waals surface area contributed by atoms with E-state index in [2.05, 4.69) is 26.6 Å². The van der Waals surface area contributed by atoms with E-state index >= 15 is 0 Å². The summed E-state index contributed by atoms with van der Waals surface area (Å²) in [6.45, 7) is 3.88. The number of likely N-dealkylation sites (tertiary alicyclic amines) is 1. The molecule has 156 valence electrons. The lowest BCUT2D eigenvalue weighted by atomic mass is 9.96. The maximum atomic E-state index is 12.6. The number of hydrogen-bond donors (Lipinski definition) is 0. The summed E-state index contributed by atoms with van der Waals surface area (Å²) in [6.07, 6.45) is 10.9. The van der Waals surface area contributed by atoms with Gasteiger partial charge in [-0.1, -0.05) is 0 Å². The molecule has 30 heavy (non-hydrogen) atoms. The number of fused-ring (bicyclic) bond motifs is 1. The van der Waals surface area contributed by atoms with E-state index in [4.69, 9.17) is 5.10 Å². The van der Waals surface area contributed by atoms with Crippen molar-refractivity contribution in [3.63, 3.8) is 0 Å². The predicted molar refractivity (Wildman–Crippen MR) is 115 cm³/mol. The molecule has 4 heterocycles. The molecule has 0 unspecified atom stereocenters. The van der Waals surface area contributed by atoms with Crippen LogP contribution in [0.2, 0.25) is 0 Å². The summed E-state index contributed by atoms with van der Waals surface area (Å²) >= 11 is 0. The molecule has 0 N–H and O–H groups in total. The normalized spacial score (nSPS) is 17.4. The van der Waals surface area contributed by atoms with Crippen LogP contribution in [-0.4, -0.2) is 42.3 Å². The van der Waals surface area contributed by atoms with Crippen molar-refractivity contribution in [2.24, 2.45) is 13.0 Å². The van der Waals surface area contributed by atoms with Gasteiger partial charge in [-0.3, -0.25) is 23.9 Å². The van der Waals surface area contributed by atoms with Crippen LogP contribution in [0.15, 0.2) is 41.7 Å². The van der Waals surface area contributed by atoms with Crippen LogP contribution in [0, 0.1) is 5.92 Å². The lowest BCUT2D eigenvalue weighted by Crippen LogP contribution is -2.36. The van der Waals surface area contributed by atoms with Crippen LogP contribution in [0.3, 0.4) is 0 Å². The van der Waals surface area contributed by atoms with Crippen LogP contribution in [0.25, 0.3) is 11.3 Å². The predicted octanol–water partition coefficient (Wildman–Crippen LogP) is 2.44. The van der Waals surface area contributed by atoms with Gasteiger partial charge in [-0.2, -0.15) is 5.10 Å². The number of rotatable bonds is 5. The molecule has 0 saturated carbocycles. The Kier molecular flexibility index (Phi) is 5.21. The summed E-state index contributed by atoms with van der Waals surface area (Å²) in [7, 11) is 2.08. The zero-order valence-corrected chi connectivity index (χ0v) is 17.5. The summed E-state index contributed by atoms with van der Waals surface area (Å²) in [5, 5.41) is 4.71. The van der Waals surface area contributed by atoms with Gasteiger partial charge in [0.05, 0.1) is 23.4 Å². The Bertz CT molecular complexity index is 1080. The van der Waals surface area contributed by atoms with E-state index in [0.29, 0.717) is 11.6 Å². The van der Waals surface area contributed by atoms with Crippen molar-refractivity contribution in [1.29, 1.82) is 0 Å². The molecule has 0 atom stereocenters. The molecule has 0 aromatic carbocycles. The summed E-state index contributed by atoms with van der Waals surface area (Å²) in [5.41, 5.74) is 5.84. The van der Waals surface area contributed by atoms with Crippen molar-refractivity contribution in [2.75, 3.05) is 13.1 Å². The second-order valence-corrected chi connectivity index (χ2v) is 8.57. The number of pyridine rings is 1. The minimum Gasteiger partial charge on any atom is -0.299 e. The van der Waals surface area contributed by atoms with E-state index < -0.39 is 0 Å². The SMILES string of the molecule is Cn1nc2c(c1CN1CCC(Cn3cnc(-c4ccncc4)cc3=O)CC1)CCC2. The largest absolute Gasteiger partial charge is 0.299 e. The van der Waals surface area contributed by atoms with Crippen LogP contribution in [0.4, 0.5) is 0 Å².